The van der Waals surface area contributed by atoms with E-state index >= 15 is 0 Å². The van der Waals surface area contributed by atoms with Gasteiger partial charge in [0, 0.05) is 42.5 Å². The number of aryl methyl sites for hydroxylation is 1. The lowest BCUT2D eigenvalue weighted by molar-refractivity contribution is 0.380. The van der Waals surface area contributed by atoms with Gasteiger partial charge in [-0.15, -0.1) is 5.10 Å². The molecule has 1 saturated heterocycles. The van der Waals surface area contributed by atoms with Crippen LogP contribution in [0.3, 0.4) is 0 Å². The van der Waals surface area contributed by atoms with Crippen LogP contribution in [0.2, 0.25) is 0 Å². The van der Waals surface area contributed by atoms with Crippen LogP contribution in [0, 0.1) is 18.6 Å². The van der Waals surface area contributed by atoms with Crippen molar-refractivity contribution < 1.29 is 13.3 Å². The summed E-state index contributed by atoms with van der Waals surface area (Å²) in [6.45, 7) is 3.55. The first-order valence-corrected chi connectivity index (χ1v) is 9.90. The molecule has 0 bridgehead atoms. The maximum atomic E-state index is 14.8. The molecule has 0 amide bonds. The normalized spacial score (nSPS) is 16.8. The number of hydrogen-bond donors (Lipinski definition) is 1. The summed E-state index contributed by atoms with van der Waals surface area (Å²) < 4.78 is 34.0. The molecule has 0 spiro atoms. The van der Waals surface area contributed by atoms with Crippen LogP contribution in [0.4, 0.5) is 26.0 Å². The highest BCUT2D eigenvalue weighted by Gasteiger charge is 2.31. The first kappa shape index (κ1) is 19.2. The van der Waals surface area contributed by atoms with Crippen LogP contribution in [0.25, 0.3) is 10.8 Å². The molecule has 31 heavy (non-hydrogen) atoms. The molecule has 9 heteroatoms. The van der Waals surface area contributed by atoms with Gasteiger partial charge in [0.15, 0.2) is 5.82 Å². The number of halogens is 2. The molecule has 1 aliphatic heterocycles. The molecule has 3 heterocycles. The van der Waals surface area contributed by atoms with Gasteiger partial charge < -0.3 is 20.1 Å². The minimum Gasteiger partial charge on any atom is -0.382 e. The number of aromatic nitrogens is 3. The van der Waals surface area contributed by atoms with Crippen molar-refractivity contribution >= 4 is 28.0 Å². The summed E-state index contributed by atoms with van der Waals surface area (Å²) in [4.78, 5) is 4.17. The van der Waals surface area contributed by atoms with Crippen LogP contribution in [0.1, 0.15) is 17.5 Å². The fourth-order valence-corrected chi connectivity index (χ4v) is 4.15. The summed E-state index contributed by atoms with van der Waals surface area (Å²) in [5.41, 5.74) is 8.01. The SMILES string of the molecule is Cc1cc(C2CN(c3cc(F)c4c(N)nncc4c3)CCN2c2cccc(F)c2)no1. The second kappa shape index (κ2) is 7.50. The van der Waals surface area contributed by atoms with Crippen molar-refractivity contribution in [3.8, 4) is 0 Å². The summed E-state index contributed by atoms with van der Waals surface area (Å²) >= 11 is 0. The van der Waals surface area contributed by atoms with E-state index in [1.165, 1.54) is 24.4 Å². The Bertz CT molecular complexity index is 1260. The summed E-state index contributed by atoms with van der Waals surface area (Å²) in [6.07, 6.45) is 1.50. The van der Waals surface area contributed by atoms with Gasteiger partial charge in [-0.1, -0.05) is 11.2 Å². The van der Waals surface area contributed by atoms with Crippen LogP contribution < -0.4 is 15.5 Å². The van der Waals surface area contributed by atoms with Gasteiger partial charge in [0.05, 0.1) is 17.6 Å². The van der Waals surface area contributed by atoms with Gasteiger partial charge in [-0.3, -0.25) is 0 Å². The van der Waals surface area contributed by atoms with E-state index in [1.54, 1.807) is 6.07 Å². The molecule has 158 valence electrons. The van der Waals surface area contributed by atoms with E-state index in [2.05, 4.69) is 25.2 Å². The maximum absolute atomic E-state index is 14.8. The van der Waals surface area contributed by atoms with Crippen molar-refractivity contribution in [1.82, 2.24) is 15.4 Å². The number of rotatable bonds is 3. The van der Waals surface area contributed by atoms with Crippen molar-refractivity contribution in [2.24, 2.45) is 0 Å². The summed E-state index contributed by atoms with van der Waals surface area (Å²) in [5.74, 6) is 0.0112. The first-order chi connectivity index (χ1) is 15.0. The lowest BCUT2D eigenvalue weighted by Gasteiger charge is -2.43. The van der Waals surface area contributed by atoms with Crippen LogP contribution >= 0.6 is 0 Å². The third kappa shape index (κ3) is 3.52. The summed E-state index contributed by atoms with van der Waals surface area (Å²) in [7, 11) is 0. The Hall–Kier alpha value is -3.75. The molecule has 0 saturated carbocycles. The van der Waals surface area contributed by atoms with Gasteiger partial charge in [0.1, 0.15) is 23.1 Å². The van der Waals surface area contributed by atoms with E-state index in [4.69, 9.17) is 10.3 Å². The molecule has 7 nitrogen and oxygen atoms in total. The van der Waals surface area contributed by atoms with E-state index in [-0.39, 0.29) is 23.1 Å². The van der Waals surface area contributed by atoms with Crippen molar-refractivity contribution in [3.63, 3.8) is 0 Å². The van der Waals surface area contributed by atoms with Crippen LogP contribution in [-0.4, -0.2) is 35.0 Å². The van der Waals surface area contributed by atoms with Gasteiger partial charge in [-0.05, 0) is 37.3 Å². The highest BCUT2D eigenvalue weighted by molar-refractivity contribution is 5.93. The van der Waals surface area contributed by atoms with Gasteiger partial charge in [-0.25, -0.2) is 8.78 Å². The molecular formula is C22H20F2N6O. The Morgan fingerprint density at radius 3 is 2.74 bits per heavy atom. The fourth-order valence-electron chi connectivity index (χ4n) is 4.15. The predicted molar refractivity (Wildman–Crippen MR) is 114 cm³/mol. The molecule has 1 unspecified atom stereocenters. The minimum absolute atomic E-state index is 0.0634. The fraction of sp³-hybridized carbons (Fsp3) is 0.227. The Morgan fingerprint density at radius 1 is 1.10 bits per heavy atom. The monoisotopic (exact) mass is 422 g/mol. The molecule has 2 aromatic carbocycles. The molecule has 4 aromatic rings. The van der Waals surface area contributed by atoms with E-state index in [9.17, 15) is 8.78 Å². The summed E-state index contributed by atoms with van der Waals surface area (Å²) in [6, 6.07) is 11.5. The molecule has 2 N–H and O–H groups in total. The zero-order valence-electron chi connectivity index (χ0n) is 16.8. The number of hydrogen-bond acceptors (Lipinski definition) is 7. The lowest BCUT2D eigenvalue weighted by Crippen LogP contribution is -2.49. The molecule has 1 fully saturated rings. The highest BCUT2D eigenvalue weighted by Crippen LogP contribution is 2.34. The zero-order valence-corrected chi connectivity index (χ0v) is 16.8. The minimum atomic E-state index is -0.443. The topological polar surface area (TPSA) is 84.3 Å². The first-order valence-electron chi connectivity index (χ1n) is 9.90. The number of benzene rings is 2. The second-order valence-corrected chi connectivity index (χ2v) is 7.62. The third-order valence-corrected chi connectivity index (χ3v) is 5.60. The number of nitrogens with zero attached hydrogens (tertiary/aromatic N) is 5. The van der Waals surface area contributed by atoms with Gasteiger partial charge >= 0.3 is 0 Å². The molecule has 1 aliphatic rings. The lowest BCUT2D eigenvalue weighted by atomic mass is 10.0. The van der Waals surface area contributed by atoms with Crippen molar-refractivity contribution in [3.05, 3.63) is 71.8 Å². The quantitative estimate of drug-likeness (QED) is 0.537. The number of nitrogen functional groups attached to an aromatic ring is 1. The number of piperazine rings is 1. The largest absolute Gasteiger partial charge is 0.382 e. The van der Waals surface area contributed by atoms with E-state index < -0.39 is 5.82 Å². The zero-order chi connectivity index (χ0) is 21.5. The molecule has 1 atom stereocenters. The maximum Gasteiger partial charge on any atom is 0.156 e. The Kier molecular flexibility index (Phi) is 4.65. The standard InChI is InChI=1S/C22H20F2N6O/c1-13-7-19(28-31-13)20-12-29(5-6-30(20)16-4-2-3-15(23)9-16)17-8-14-11-26-27-22(25)21(14)18(24)10-17/h2-4,7-11,20H,5-6,12H2,1H3,(H2,25,27). The summed E-state index contributed by atoms with van der Waals surface area (Å²) in [5, 5.41) is 12.6. The van der Waals surface area contributed by atoms with E-state index in [0.29, 0.717) is 36.5 Å². The number of nitrogens with two attached hydrogens (primary N) is 1. The van der Waals surface area contributed by atoms with E-state index in [1.807, 2.05) is 25.1 Å². The van der Waals surface area contributed by atoms with Gasteiger partial charge in [-0.2, -0.15) is 5.10 Å². The highest BCUT2D eigenvalue weighted by atomic mass is 19.1. The van der Waals surface area contributed by atoms with Crippen LogP contribution in [0.15, 0.2) is 53.2 Å². The smallest absolute Gasteiger partial charge is 0.156 e. The molecule has 2 aromatic heterocycles. The molecule has 5 rings (SSSR count). The molecule has 0 aliphatic carbocycles. The Morgan fingerprint density at radius 2 is 1.97 bits per heavy atom. The average Bonchev–Trinajstić information content (AvgIpc) is 3.19. The van der Waals surface area contributed by atoms with Crippen molar-refractivity contribution in [1.29, 1.82) is 0 Å². The van der Waals surface area contributed by atoms with Crippen LogP contribution in [0.5, 0.6) is 0 Å². The Balaban J connectivity index is 1.52. The number of anilines is 3. The van der Waals surface area contributed by atoms with Gasteiger partial charge in [0.25, 0.3) is 0 Å². The van der Waals surface area contributed by atoms with Crippen molar-refractivity contribution in [2.75, 3.05) is 35.2 Å². The Labute approximate surface area is 177 Å². The van der Waals surface area contributed by atoms with Gasteiger partial charge in [0.2, 0.25) is 0 Å². The number of fused-ring (bicyclic) bond motifs is 1. The van der Waals surface area contributed by atoms with Crippen molar-refractivity contribution in [2.45, 2.75) is 13.0 Å². The third-order valence-electron chi connectivity index (χ3n) is 5.60. The average molecular weight is 422 g/mol. The predicted octanol–water partition coefficient (Wildman–Crippen LogP) is 3.85. The second-order valence-electron chi connectivity index (χ2n) is 7.62. The molecular weight excluding hydrogens is 402 g/mol. The van der Waals surface area contributed by atoms with Crippen LogP contribution in [-0.2, 0) is 0 Å². The van der Waals surface area contributed by atoms with E-state index in [0.717, 1.165) is 11.4 Å². The molecule has 0 radical (unpaired) electrons.